The molecule has 0 saturated carbocycles. The van der Waals surface area contributed by atoms with Crippen LogP contribution in [-0.4, -0.2) is 16.8 Å². The van der Waals surface area contributed by atoms with Gasteiger partial charge in [-0.1, -0.05) is 6.07 Å². The second kappa shape index (κ2) is 3.36. The zero-order valence-electron chi connectivity index (χ0n) is 7.03. The maximum Gasteiger partial charge on any atom is 0.124 e. The van der Waals surface area contributed by atoms with Crippen LogP contribution in [0.25, 0.3) is 10.1 Å². The first-order chi connectivity index (χ1) is 6.31. The van der Waals surface area contributed by atoms with Crippen molar-refractivity contribution >= 4 is 21.4 Å². The van der Waals surface area contributed by atoms with Crippen molar-refractivity contribution in [2.24, 2.45) is 0 Å². The first-order valence-corrected chi connectivity index (χ1v) is 4.94. The molecule has 3 heteroatoms. The molecule has 0 aliphatic heterocycles. The predicted molar refractivity (Wildman–Crippen MR) is 54.3 cm³/mol. The van der Waals surface area contributed by atoms with E-state index >= 15 is 0 Å². The Balaban J connectivity index is 2.55. The molecule has 1 aromatic heterocycles. The lowest BCUT2D eigenvalue weighted by Crippen LogP contribution is -1.84. The number of aliphatic hydroxyl groups excluding tert-OH is 1. The highest BCUT2D eigenvalue weighted by molar-refractivity contribution is 7.19. The summed E-state index contributed by atoms with van der Waals surface area (Å²) in [6, 6.07) is 7.42. The van der Waals surface area contributed by atoms with Crippen molar-refractivity contribution in [3.8, 4) is 5.75 Å². The second-order valence-corrected chi connectivity index (χ2v) is 4.04. The Morgan fingerprint density at radius 3 is 2.85 bits per heavy atom. The lowest BCUT2D eigenvalue weighted by Gasteiger charge is -1.90. The maximum absolute atomic E-state index is 9.50. The summed E-state index contributed by atoms with van der Waals surface area (Å²) in [6.07, 6.45) is 0.665. The monoisotopic (exact) mass is 194 g/mol. The number of phenols is 1. The van der Waals surface area contributed by atoms with E-state index in [2.05, 4.69) is 0 Å². The van der Waals surface area contributed by atoms with Crippen LogP contribution in [-0.2, 0) is 6.42 Å². The zero-order chi connectivity index (χ0) is 9.26. The minimum Gasteiger partial charge on any atom is -0.507 e. The van der Waals surface area contributed by atoms with Gasteiger partial charge in [0.2, 0.25) is 0 Å². The van der Waals surface area contributed by atoms with E-state index in [0.717, 1.165) is 15.0 Å². The van der Waals surface area contributed by atoms with Gasteiger partial charge in [-0.15, -0.1) is 11.3 Å². The molecular weight excluding hydrogens is 184 g/mol. The molecule has 0 saturated heterocycles. The highest BCUT2D eigenvalue weighted by Crippen LogP contribution is 2.31. The molecule has 0 radical (unpaired) electrons. The van der Waals surface area contributed by atoms with Gasteiger partial charge in [0.1, 0.15) is 5.75 Å². The first kappa shape index (κ1) is 8.53. The van der Waals surface area contributed by atoms with E-state index < -0.39 is 0 Å². The number of phenolic OH excluding ortho intramolecular Hbond substituents is 1. The lowest BCUT2D eigenvalue weighted by atomic mass is 10.2. The molecule has 1 heterocycles. The molecule has 0 atom stereocenters. The molecule has 0 bridgehead atoms. The predicted octanol–water partition coefficient (Wildman–Crippen LogP) is 2.14. The molecule has 68 valence electrons. The fourth-order valence-corrected chi connectivity index (χ4v) is 2.40. The second-order valence-electron chi connectivity index (χ2n) is 2.88. The molecule has 1 aromatic carbocycles. The van der Waals surface area contributed by atoms with Crippen LogP contribution in [0.5, 0.6) is 5.75 Å². The Kier molecular flexibility index (Phi) is 2.20. The average Bonchev–Trinajstić information content (AvgIpc) is 2.49. The maximum atomic E-state index is 9.50. The summed E-state index contributed by atoms with van der Waals surface area (Å²) >= 11 is 1.62. The summed E-state index contributed by atoms with van der Waals surface area (Å²) in [7, 11) is 0. The summed E-state index contributed by atoms with van der Waals surface area (Å²) in [5.41, 5.74) is 0. The van der Waals surface area contributed by atoms with Gasteiger partial charge in [0.25, 0.3) is 0 Å². The van der Waals surface area contributed by atoms with Gasteiger partial charge in [-0.05, 0) is 18.2 Å². The Morgan fingerprint density at radius 1 is 1.31 bits per heavy atom. The third-order valence-corrected chi connectivity index (χ3v) is 3.11. The van der Waals surface area contributed by atoms with Crippen LogP contribution in [0.3, 0.4) is 0 Å². The largest absolute Gasteiger partial charge is 0.507 e. The summed E-state index contributed by atoms with van der Waals surface area (Å²) in [4.78, 5) is 1.11. The van der Waals surface area contributed by atoms with Gasteiger partial charge in [0.05, 0.1) is 0 Å². The fourth-order valence-electron chi connectivity index (χ4n) is 1.33. The number of aromatic hydroxyl groups is 1. The molecule has 2 aromatic rings. The summed E-state index contributed by atoms with van der Waals surface area (Å²) in [5.74, 6) is 0.318. The van der Waals surface area contributed by atoms with Gasteiger partial charge < -0.3 is 10.2 Å². The van der Waals surface area contributed by atoms with Crippen LogP contribution in [0.1, 0.15) is 4.88 Å². The number of fused-ring (bicyclic) bond motifs is 1. The highest BCUT2D eigenvalue weighted by atomic mass is 32.1. The van der Waals surface area contributed by atoms with Crippen LogP contribution >= 0.6 is 11.3 Å². The molecule has 0 spiro atoms. The number of benzene rings is 1. The van der Waals surface area contributed by atoms with Gasteiger partial charge >= 0.3 is 0 Å². The van der Waals surface area contributed by atoms with Crippen molar-refractivity contribution in [3.05, 3.63) is 29.1 Å². The molecule has 0 amide bonds. The summed E-state index contributed by atoms with van der Waals surface area (Å²) in [6.45, 7) is 0.160. The molecule has 2 nitrogen and oxygen atoms in total. The summed E-state index contributed by atoms with van der Waals surface area (Å²) in [5, 5.41) is 19.1. The smallest absolute Gasteiger partial charge is 0.124 e. The lowest BCUT2D eigenvalue weighted by molar-refractivity contribution is 0.300. The van der Waals surface area contributed by atoms with Crippen molar-refractivity contribution in [2.75, 3.05) is 6.61 Å². The molecule has 0 fully saturated rings. The summed E-state index contributed by atoms with van der Waals surface area (Å²) < 4.78 is 1.07. The number of aliphatic hydroxyl groups is 1. The number of rotatable bonds is 2. The third kappa shape index (κ3) is 1.53. The van der Waals surface area contributed by atoms with Crippen molar-refractivity contribution in [1.82, 2.24) is 0 Å². The highest BCUT2D eigenvalue weighted by Gasteiger charge is 2.03. The van der Waals surface area contributed by atoms with Crippen molar-refractivity contribution < 1.29 is 10.2 Å². The van der Waals surface area contributed by atoms with Crippen LogP contribution in [0.15, 0.2) is 24.3 Å². The van der Waals surface area contributed by atoms with Crippen molar-refractivity contribution in [1.29, 1.82) is 0 Å². The van der Waals surface area contributed by atoms with E-state index in [9.17, 15) is 5.11 Å². The molecule has 0 aliphatic rings. The molecule has 0 unspecified atom stereocenters. The Hall–Kier alpha value is -1.06. The van der Waals surface area contributed by atoms with Gasteiger partial charge in [0, 0.05) is 28.0 Å². The first-order valence-electron chi connectivity index (χ1n) is 4.12. The van der Waals surface area contributed by atoms with E-state index in [4.69, 9.17) is 5.11 Å². The quantitative estimate of drug-likeness (QED) is 0.769. The van der Waals surface area contributed by atoms with Crippen molar-refractivity contribution in [3.63, 3.8) is 0 Å². The Labute approximate surface area is 80.1 Å². The van der Waals surface area contributed by atoms with E-state index in [0.29, 0.717) is 12.2 Å². The van der Waals surface area contributed by atoms with E-state index in [1.54, 1.807) is 17.4 Å². The van der Waals surface area contributed by atoms with E-state index in [1.807, 2.05) is 18.2 Å². The van der Waals surface area contributed by atoms with Gasteiger partial charge in [-0.3, -0.25) is 0 Å². The molecule has 0 aliphatic carbocycles. The molecular formula is C10H10O2S. The fraction of sp³-hybridized carbons (Fsp3) is 0.200. The zero-order valence-corrected chi connectivity index (χ0v) is 7.84. The van der Waals surface area contributed by atoms with Gasteiger partial charge in [-0.25, -0.2) is 0 Å². The third-order valence-electron chi connectivity index (χ3n) is 1.95. The number of hydrogen-bond acceptors (Lipinski definition) is 3. The minimum atomic E-state index is 0.160. The van der Waals surface area contributed by atoms with Crippen LogP contribution in [0, 0.1) is 0 Å². The van der Waals surface area contributed by atoms with Crippen molar-refractivity contribution in [2.45, 2.75) is 6.42 Å². The number of hydrogen-bond donors (Lipinski definition) is 2. The van der Waals surface area contributed by atoms with E-state index in [-0.39, 0.29) is 6.61 Å². The molecule has 2 N–H and O–H groups in total. The van der Waals surface area contributed by atoms with Gasteiger partial charge in [-0.2, -0.15) is 0 Å². The SMILES string of the molecule is OCCc1cc2c(O)cccc2s1. The van der Waals surface area contributed by atoms with Crippen LogP contribution < -0.4 is 0 Å². The van der Waals surface area contributed by atoms with Crippen LogP contribution in [0.2, 0.25) is 0 Å². The van der Waals surface area contributed by atoms with E-state index in [1.165, 1.54) is 0 Å². The standard InChI is InChI=1S/C10H10O2S/c11-5-4-7-6-8-9(12)2-1-3-10(8)13-7/h1-3,6,11-12H,4-5H2. The Bertz CT molecular complexity index is 420. The molecule has 2 rings (SSSR count). The van der Waals surface area contributed by atoms with Crippen LogP contribution in [0.4, 0.5) is 0 Å². The normalized spacial score (nSPS) is 10.8. The average molecular weight is 194 g/mol. The minimum absolute atomic E-state index is 0.160. The number of thiophene rings is 1. The van der Waals surface area contributed by atoms with Gasteiger partial charge in [0.15, 0.2) is 0 Å². The molecule has 13 heavy (non-hydrogen) atoms. The Morgan fingerprint density at radius 2 is 2.15 bits per heavy atom. The topological polar surface area (TPSA) is 40.5 Å².